The molecular formula is C24H27Cl2N3O2S. The summed E-state index contributed by atoms with van der Waals surface area (Å²) in [6.07, 6.45) is 0.299. The highest BCUT2D eigenvalue weighted by atomic mass is 35.5. The van der Waals surface area contributed by atoms with E-state index in [4.69, 9.17) is 28.6 Å². The highest BCUT2D eigenvalue weighted by Crippen LogP contribution is 2.21. The van der Waals surface area contributed by atoms with Crippen LogP contribution < -0.4 is 20.7 Å². The molecule has 0 aliphatic rings. The lowest BCUT2D eigenvalue weighted by molar-refractivity contribution is 0.106. The normalized spacial score (nSPS) is 11.2. The summed E-state index contributed by atoms with van der Waals surface area (Å²) in [5.74, 6) is 0.761. The first kappa shape index (κ1) is 25.9. The van der Waals surface area contributed by atoms with Crippen LogP contribution in [0.1, 0.15) is 5.56 Å². The van der Waals surface area contributed by atoms with Crippen LogP contribution in [0.25, 0.3) is 0 Å². The van der Waals surface area contributed by atoms with Gasteiger partial charge in [-0.1, -0.05) is 54.1 Å². The number of anilines is 2. The smallest absolute Gasteiger partial charge is 0.175 e. The third-order valence-corrected chi connectivity index (χ3v) is 5.02. The lowest BCUT2D eigenvalue weighted by Crippen LogP contribution is -2.32. The first-order chi connectivity index (χ1) is 15.1. The van der Waals surface area contributed by atoms with Crippen molar-refractivity contribution in [2.24, 2.45) is 0 Å². The zero-order chi connectivity index (χ0) is 21.9. The largest absolute Gasteiger partial charge is 0.491 e. The summed E-state index contributed by atoms with van der Waals surface area (Å²) in [6, 6.07) is 25.0. The SMILES string of the molecule is Cl.O[C@@H](CNCCc1ccc(NC(=S)Nc2ccccc2Cl)cc1)COc1ccccc1. The Bertz CT molecular complexity index is 959. The maximum absolute atomic E-state index is 10.0. The van der Waals surface area contributed by atoms with Crippen LogP contribution in [0.2, 0.25) is 5.02 Å². The predicted molar refractivity (Wildman–Crippen MR) is 140 cm³/mol. The second-order valence-corrected chi connectivity index (χ2v) is 7.80. The van der Waals surface area contributed by atoms with E-state index in [-0.39, 0.29) is 19.0 Å². The van der Waals surface area contributed by atoms with Crippen LogP contribution in [0.3, 0.4) is 0 Å². The van der Waals surface area contributed by atoms with Crippen molar-refractivity contribution < 1.29 is 9.84 Å². The molecule has 0 unspecified atom stereocenters. The average molecular weight is 492 g/mol. The molecule has 3 aromatic rings. The van der Waals surface area contributed by atoms with E-state index in [1.54, 1.807) is 0 Å². The van der Waals surface area contributed by atoms with E-state index in [9.17, 15) is 5.11 Å². The molecule has 0 radical (unpaired) electrons. The minimum absolute atomic E-state index is 0. The molecule has 0 fully saturated rings. The van der Waals surface area contributed by atoms with Crippen LogP contribution in [0.15, 0.2) is 78.9 Å². The Kier molecular flexibility index (Phi) is 11.3. The van der Waals surface area contributed by atoms with Crippen molar-refractivity contribution in [1.29, 1.82) is 0 Å². The van der Waals surface area contributed by atoms with Gasteiger partial charge in [0.15, 0.2) is 5.11 Å². The number of ether oxygens (including phenoxy) is 1. The number of rotatable bonds is 10. The van der Waals surface area contributed by atoms with Crippen molar-refractivity contribution in [3.05, 3.63) is 89.4 Å². The van der Waals surface area contributed by atoms with Crippen molar-refractivity contribution in [2.45, 2.75) is 12.5 Å². The maximum atomic E-state index is 10.0. The molecule has 0 aliphatic heterocycles. The fourth-order valence-corrected chi connectivity index (χ4v) is 3.28. The number of aliphatic hydroxyl groups excluding tert-OH is 1. The number of thiocarbonyl (C=S) groups is 1. The Labute approximate surface area is 205 Å². The highest BCUT2D eigenvalue weighted by Gasteiger charge is 2.05. The van der Waals surface area contributed by atoms with Crippen LogP contribution in [-0.4, -0.2) is 36.0 Å². The molecule has 0 aliphatic carbocycles. The van der Waals surface area contributed by atoms with Crippen molar-refractivity contribution in [2.75, 3.05) is 30.3 Å². The van der Waals surface area contributed by atoms with Crippen LogP contribution in [0, 0.1) is 0 Å². The maximum Gasteiger partial charge on any atom is 0.175 e. The molecule has 1 atom stereocenters. The van der Waals surface area contributed by atoms with Gasteiger partial charge in [-0.15, -0.1) is 12.4 Å². The number of nitrogens with one attached hydrogen (secondary N) is 3. The van der Waals surface area contributed by atoms with Gasteiger partial charge in [-0.3, -0.25) is 0 Å². The molecule has 5 nitrogen and oxygen atoms in total. The van der Waals surface area contributed by atoms with Gasteiger partial charge in [-0.05, 0) is 67.1 Å². The van der Waals surface area contributed by atoms with Crippen molar-refractivity contribution in [3.8, 4) is 5.75 Å². The molecule has 0 aromatic heterocycles. The fraction of sp³-hybridized carbons (Fsp3) is 0.208. The van der Waals surface area contributed by atoms with Crippen LogP contribution in [0.4, 0.5) is 11.4 Å². The molecule has 0 saturated heterocycles. The van der Waals surface area contributed by atoms with Crippen molar-refractivity contribution >= 4 is 52.7 Å². The third-order valence-electron chi connectivity index (χ3n) is 4.49. The number of hydrogen-bond acceptors (Lipinski definition) is 4. The standard InChI is InChI=1S/C24H26ClN3O2S.ClH/c25-22-8-4-5-9-23(22)28-24(31)27-19-12-10-18(11-13-19)14-15-26-16-20(29)17-30-21-6-2-1-3-7-21;/h1-13,20,26,29H,14-17H2,(H2,27,28,31);1H/t20-;/m0./s1. The van der Waals surface area contributed by atoms with E-state index in [1.807, 2.05) is 66.7 Å². The topological polar surface area (TPSA) is 65.5 Å². The van der Waals surface area contributed by atoms with Gasteiger partial charge in [0, 0.05) is 12.2 Å². The molecule has 4 N–H and O–H groups in total. The lowest BCUT2D eigenvalue weighted by atomic mass is 10.1. The minimum Gasteiger partial charge on any atom is -0.491 e. The summed E-state index contributed by atoms with van der Waals surface area (Å²) in [4.78, 5) is 0. The molecule has 3 aromatic carbocycles. The van der Waals surface area contributed by atoms with Crippen LogP contribution in [0.5, 0.6) is 5.75 Å². The molecule has 8 heteroatoms. The van der Waals surface area contributed by atoms with Gasteiger partial charge in [0.25, 0.3) is 0 Å². The van der Waals surface area contributed by atoms with Gasteiger partial charge in [-0.25, -0.2) is 0 Å². The van der Waals surface area contributed by atoms with Crippen LogP contribution >= 0.6 is 36.2 Å². The van der Waals surface area contributed by atoms with Gasteiger partial charge in [0.05, 0.1) is 10.7 Å². The Hall–Kier alpha value is -2.35. The van der Waals surface area contributed by atoms with E-state index >= 15 is 0 Å². The first-order valence-electron chi connectivity index (χ1n) is 10.1. The summed E-state index contributed by atoms with van der Waals surface area (Å²) in [7, 11) is 0. The number of para-hydroxylation sites is 2. The second kappa shape index (κ2) is 13.9. The number of aliphatic hydroxyl groups is 1. The van der Waals surface area contributed by atoms with E-state index < -0.39 is 6.10 Å². The fourth-order valence-electron chi connectivity index (χ4n) is 2.87. The molecule has 0 amide bonds. The average Bonchev–Trinajstić information content (AvgIpc) is 2.78. The minimum atomic E-state index is -0.557. The molecule has 3 rings (SSSR count). The molecule has 0 saturated carbocycles. The van der Waals surface area contributed by atoms with Crippen molar-refractivity contribution in [3.63, 3.8) is 0 Å². The van der Waals surface area contributed by atoms with E-state index in [1.165, 1.54) is 5.56 Å². The Morgan fingerprint density at radius 1 is 0.938 bits per heavy atom. The molecule has 0 bridgehead atoms. The van der Waals surface area contributed by atoms with E-state index in [2.05, 4.69) is 28.1 Å². The van der Waals surface area contributed by atoms with Gasteiger partial charge < -0.3 is 25.8 Å². The zero-order valence-corrected chi connectivity index (χ0v) is 19.9. The molecule has 170 valence electrons. The van der Waals surface area contributed by atoms with Crippen LogP contribution in [-0.2, 0) is 6.42 Å². The summed E-state index contributed by atoms with van der Waals surface area (Å²) in [5.41, 5.74) is 2.86. The molecule has 32 heavy (non-hydrogen) atoms. The summed E-state index contributed by atoms with van der Waals surface area (Å²) in [5, 5.41) is 20.6. The number of hydrogen-bond donors (Lipinski definition) is 4. The monoisotopic (exact) mass is 491 g/mol. The summed E-state index contributed by atoms with van der Waals surface area (Å²) < 4.78 is 5.55. The van der Waals surface area contributed by atoms with Gasteiger partial charge in [0.1, 0.15) is 18.5 Å². The van der Waals surface area contributed by atoms with Crippen molar-refractivity contribution in [1.82, 2.24) is 5.32 Å². The molecule has 0 spiro atoms. The summed E-state index contributed by atoms with van der Waals surface area (Å²) in [6.45, 7) is 1.51. The lowest BCUT2D eigenvalue weighted by Gasteiger charge is -2.14. The number of benzene rings is 3. The molecule has 0 heterocycles. The summed E-state index contributed by atoms with van der Waals surface area (Å²) >= 11 is 11.5. The third kappa shape index (κ3) is 9.02. The Morgan fingerprint density at radius 3 is 2.34 bits per heavy atom. The van der Waals surface area contributed by atoms with Gasteiger partial charge in [0.2, 0.25) is 0 Å². The van der Waals surface area contributed by atoms with E-state index in [0.29, 0.717) is 16.7 Å². The highest BCUT2D eigenvalue weighted by molar-refractivity contribution is 7.80. The van der Waals surface area contributed by atoms with Gasteiger partial charge >= 0.3 is 0 Å². The quantitative estimate of drug-likeness (QED) is 0.232. The van der Waals surface area contributed by atoms with E-state index in [0.717, 1.165) is 30.1 Å². The number of halogens is 2. The second-order valence-electron chi connectivity index (χ2n) is 6.99. The zero-order valence-electron chi connectivity index (χ0n) is 17.5. The first-order valence-corrected chi connectivity index (χ1v) is 10.9. The van der Waals surface area contributed by atoms with Gasteiger partial charge in [-0.2, -0.15) is 0 Å². The molecular weight excluding hydrogens is 465 g/mol. The Balaban J connectivity index is 0.00000363. The Morgan fingerprint density at radius 2 is 1.62 bits per heavy atom. The predicted octanol–water partition coefficient (Wildman–Crippen LogP) is 5.14.